The van der Waals surface area contributed by atoms with Crippen molar-refractivity contribution in [2.75, 3.05) is 32.8 Å². The second-order valence-electron chi connectivity index (χ2n) is 7.60. The summed E-state index contributed by atoms with van der Waals surface area (Å²) >= 11 is 0. The van der Waals surface area contributed by atoms with Gasteiger partial charge < -0.3 is 9.47 Å². The molecule has 3 aromatic rings. The van der Waals surface area contributed by atoms with Crippen molar-refractivity contribution in [3.8, 4) is 5.75 Å². The molecule has 1 N–H and O–H groups in total. The average Bonchev–Trinajstić information content (AvgIpc) is 3.25. The van der Waals surface area contributed by atoms with Gasteiger partial charge in [-0.1, -0.05) is 42.5 Å². The van der Waals surface area contributed by atoms with Crippen LogP contribution in [-0.2, 0) is 17.6 Å². The SMILES string of the molecule is Fc1ccccc1OCCc1cc([C@@H]2CN(CCCc3ccccc3)CCO2)n[nH]1. The molecule has 2 aromatic carbocycles. The highest BCUT2D eigenvalue weighted by Crippen LogP contribution is 2.22. The van der Waals surface area contributed by atoms with Crippen LogP contribution < -0.4 is 4.74 Å². The van der Waals surface area contributed by atoms with Crippen LogP contribution in [-0.4, -0.2) is 47.9 Å². The lowest BCUT2D eigenvalue weighted by atomic mass is 10.1. The van der Waals surface area contributed by atoms with E-state index < -0.39 is 0 Å². The van der Waals surface area contributed by atoms with Crippen LogP contribution in [0.4, 0.5) is 4.39 Å². The van der Waals surface area contributed by atoms with Crippen molar-refractivity contribution in [3.05, 3.63) is 83.4 Å². The van der Waals surface area contributed by atoms with Gasteiger partial charge >= 0.3 is 0 Å². The number of rotatable bonds is 9. The number of hydrogen-bond donors (Lipinski definition) is 1. The summed E-state index contributed by atoms with van der Waals surface area (Å²) in [7, 11) is 0. The number of halogens is 1. The molecule has 2 heterocycles. The van der Waals surface area contributed by atoms with Crippen LogP contribution in [0, 0.1) is 5.82 Å². The van der Waals surface area contributed by atoms with E-state index in [9.17, 15) is 4.39 Å². The Kier molecular flexibility index (Phi) is 7.11. The number of benzene rings is 2. The summed E-state index contributed by atoms with van der Waals surface area (Å²) in [5.41, 5.74) is 3.27. The topological polar surface area (TPSA) is 50.4 Å². The van der Waals surface area contributed by atoms with E-state index >= 15 is 0 Å². The Morgan fingerprint density at radius 3 is 2.80 bits per heavy atom. The molecule has 1 atom stereocenters. The minimum Gasteiger partial charge on any atom is -0.490 e. The van der Waals surface area contributed by atoms with Gasteiger partial charge in [-0.2, -0.15) is 5.10 Å². The number of nitrogens with one attached hydrogen (secondary N) is 1. The van der Waals surface area contributed by atoms with Gasteiger partial charge in [-0.05, 0) is 43.1 Å². The van der Waals surface area contributed by atoms with E-state index in [1.807, 2.05) is 6.07 Å². The lowest BCUT2D eigenvalue weighted by Gasteiger charge is -2.32. The molecule has 4 rings (SSSR count). The maximum Gasteiger partial charge on any atom is 0.165 e. The largest absolute Gasteiger partial charge is 0.490 e. The summed E-state index contributed by atoms with van der Waals surface area (Å²) in [6, 6.07) is 19.1. The monoisotopic (exact) mass is 409 g/mol. The standard InChI is InChI=1S/C24H28FN3O2/c25-21-10-4-5-11-23(21)29-15-12-20-17-22(27-26-20)24-18-28(14-16-30-24)13-6-9-19-7-2-1-3-8-19/h1-5,7-8,10-11,17,24H,6,9,12-16,18H2,(H,26,27)/t24-/m0/s1. The second-order valence-corrected chi connectivity index (χ2v) is 7.60. The predicted molar refractivity (Wildman–Crippen MR) is 114 cm³/mol. The third-order valence-electron chi connectivity index (χ3n) is 5.38. The first-order chi connectivity index (χ1) is 14.8. The van der Waals surface area contributed by atoms with Gasteiger partial charge in [-0.25, -0.2) is 4.39 Å². The number of morpholine rings is 1. The summed E-state index contributed by atoms with van der Waals surface area (Å²) in [4.78, 5) is 2.45. The zero-order valence-electron chi connectivity index (χ0n) is 17.1. The zero-order valence-corrected chi connectivity index (χ0v) is 17.1. The summed E-state index contributed by atoms with van der Waals surface area (Å²) in [6.07, 6.45) is 2.84. The van der Waals surface area contributed by atoms with Crippen molar-refractivity contribution in [1.82, 2.24) is 15.1 Å². The van der Waals surface area contributed by atoms with Crippen molar-refractivity contribution < 1.29 is 13.9 Å². The van der Waals surface area contributed by atoms with Crippen LogP contribution in [0.3, 0.4) is 0 Å². The van der Waals surface area contributed by atoms with Gasteiger partial charge in [0.1, 0.15) is 6.10 Å². The predicted octanol–water partition coefficient (Wildman–Crippen LogP) is 4.18. The molecule has 6 heteroatoms. The Balaban J connectivity index is 1.23. The number of H-pyrrole nitrogens is 1. The molecular formula is C24H28FN3O2. The van der Waals surface area contributed by atoms with Gasteiger partial charge in [-0.3, -0.25) is 10.00 Å². The molecule has 0 unspecified atom stereocenters. The van der Waals surface area contributed by atoms with E-state index in [2.05, 4.69) is 45.4 Å². The number of aromatic amines is 1. The van der Waals surface area contributed by atoms with E-state index in [0.717, 1.165) is 43.9 Å². The molecular weight excluding hydrogens is 381 g/mol. The Hall–Kier alpha value is -2.70. The normalized spacial score (nSPS) is 17.2. The van der Waals surface area contributed by atoms with E-state index in [0.29, 0.717) is 19.6 Å². The molecule has 1 aromatic heterocycles. The molecule has 158 valence electrons. The minimum atomic E-state index is -0.342. The smallest absolute Gasteiger partial charge is 0.165 e. The molecule has 0 spiro atoms. The number of hydrogen-bond acceptors (Lipinski definition) is 4. The van der Waals surface area contributed by atoms with Crippen molar-refractivity contribution >= 4 is 0 Å². The highest BCUT2D eigenvalue weighted by Gasteiger charge is 2.23. The summed E-state index contributed by atoms with van der Waals surface area (Å²) in [5, 5.41) is 7.50. The zero-order chi connectivity index (χ0) is 20.6. The molecule has 0 radical (unpaired) electrons. The summed E-state index contributed by atoms with van der Waals surface area (Å²) in [5.74, 6) is -0.0650. The van der Waals surface area contributed by atoms with Crippen molar-refractivity contribution in [2.24, 2.45) is 0 Å². The van der Waals surface area contributed by atoms with Gasteiger partial charge in [0.05, 0.1) is 18.9 Å². The first kappa shape index (κ1) is 20.6. The minimum absolute atomic E-state index is 0.0204. The maximum atomic E-state index is 13.6. The van der Waals surface area contributed by atoms with E-state index in [4.69, 9.17) is 9.47 Å². The lowest BCUT2D eigenvalue weighted by molar-refractivity contribution is -0.0322. The van der Waals surface area contributed by atoms with E-state index in [-0.39, 0.29) is 17.7 Å². The Morgan fingerprint density at radius 2 is 1.93 bits per heavy atom. The summed E-state index contributed by atoms with van der Waals surface area (Å²) in [6.45, 7) is 3.97. The Morgan fingerprint density at radius 1 is 1.10 bits per heavy atom. The molecule has 0 saturated carbocycles. The van der Waals surface area contributed by atoms with Crippen molar-refractivity contribution in [2.45, 2.75) is 25.4 Å². The fourth-order valence-corrected chi connectivity index (χ4v) is 3.74. The van der Waals surface area contributed by atoms with Crippen LogP contribution in [0.5, 0.6) is 5.75 Å². The third kappa shape index (κ3) is 5.68. The van der Waals surface area contributed by atoms with Gasteiger partial charge in [-0.15, -0.1) is 0 Å². The molecule has 0 bridgehead atoms. The second kappa shape index (κ2) is 10.4. The highest BCUT2D eigenvalue weighted by atomic mass is 19.1. The maximum absolute atomic E-state index is 13.6. The highest BCUT2D eigenvalue weighted by molar-refractivity contribution is 5.23. The number of aryl methyl sites for hydroxylation is 1. The van der Waals surface area contributed by atoms with E-state index in [1.165, 1.54) is 11.6 Å². The van der Waals surface area contributed by atoms with Gasteiger partial charge in [0, 0.05) is 25.2 Å². The fourth-order valence-electron chi connectivity index (χ4n) is 3.74. The Labute approximate surface area is 176 Å². The third-order valence-corrected chi connectivity index (χ3v) is 5.38. The number of para-hydroxylation sites is 1. The summed E-state index contributed by atoms with van der Waals surface area (Å²) < 4.78 is 25.1. The quantitative estimate of drug-likeness (QED) is 0.576. The fraction of sp³-hybridized carbons (Fsp3) is 0.375. The molecule has 1 aliphatic rings. The molecule has 30 heavy (non-hydrogen) atoms. The van der Waals surface area contributed by atoms with Gasteiger partial charge in [0.2, 0.25) is 0 Å². The molecule has 1 fully saturated rings. The van der Waals surface area contributed by atoms with Crippen molar-refractivity contribution in [1.29, 1.82) is 0 Å². The van der Waals surface area contributed by atoms with Crippen LogP contribution in [0.25, 0.3) is 0 Å². The van der Waals surface area contributed by atoms with E-state index in [1.54, 1.807) is 18.2 Å². The average molecular weight is 410 g/mol. The Bertz CT molecular complexity index is 916. The number of nitrogens with zero attached hydrogens (tertiary/aromatic N) is 2. The van der Waals surface area contributed by atoms with Crippen molar-refractivity contribution in [3.63, 3.8) is 0 Å². The van der Waals surface area contributed by atoms with Crippen LogP contribution >= 0.6 is 0 Å². The molecule has 0 aliphatic carbocycles. The first-order valence-electron chi connectivity index (χ1n) is 10.6. The molecule has 1 aliphatic heterocycles. The van der Waals surface area contributed by atoms with Crippen LogP contribution in [0.2, 0.25) is 0 Å². The van der Waals surface area contributed by atoms with Crippen LogP contribution in [0.15, 0.2) is 60.7 Å². The molecule has 0 amide bonds. The first-order valence-corrected chi connectivity index (χ1v) is 10.6. The molecule has 5 nitrogen and oxygen atoms in total. The van der Waals surface area contributed by atoms with Gasteiger partial charge in [0.15, 0.2) is 11.6 Å². The van der Waals surface area contributed by atoms with Crippen LogP contribution in [0.1, 0.15) is 29.5 Å². The molecule has 1 saturated heterocycles. The lowest BCUT2D eigenvalue weighted by Crippen LogP contribution is -2.39. The van der Waals surface area contributed by atoms with Gasteiger partial charge in [0.25, 0.3) is 0 Å². The number of aromatic nitrogens is 2. The number of ether oxygens (including phenoxy) is 2.